The molecule has 8 heteroatoms. The van der Waals surface area contributed by atoms with Gasteiger partial charge >= 0.3 is 0 Å². The van der Waals surface area contributed by atoms with Crippen molar-refractivity contribution in [1.29, 1.82) is 0 Å². The molecule has 0 aliphatic rings. The van der Waals surface area contributed by atoms with Crippen LogP contribution in [0.15, 0.2) is 50.8 Å². The number of carbonyl (C=O) groups excluding carboxylic acids is 1. The molecule has 0 radical (unpaired) electrons. The third-order valence-electron chi connectivity index (χ3n) is 3.33. The van der Waals surface area contributed by atoms with Crippen molar-refractivity contribution < 1.29 is 9.21 Å². The minimum Gasteiger partial charge on any atom is -0.459 e. The smallest absolute Gasteiger partial charge is 0.253 e. The number of nitrogens with zero attached hydrogens (tertiary/aromatic N) is 1. The number of thioether (sulfide) groups is 1. The first kappa shape index (κ1) is 16.1. The summed E-state index contributed by atoms with van der Waals surface area (Å²) in [5.41, 5.74) is 5.94. The van der Waals surface area contributed by atoms with Crippen LogP contribution in [0.5, 0.6) is 0 Å². The van der Waals surface area contributed by atoms with Crippen molar-refractivity contribution in [2.45, 2.75) is 18.1 Å². The summed E-state index contributed by atoms with van der Waals surface area (Å²) in [6.45, 7) is 1.85. The summed E-state index contributed by atoms with van der Waals surface area (Å²) in [4.78, 5) is 29.8. The zero-order chi connectivity index (χ0) is 17.1. The number of carbonyl (C=O) groups is 1. The number of rotatable bonds is 5. The normalized spacial score (nSPS) is 12.2. The van der Waals surface area contributed by atoms with Crippen LogP contribution in [0.1, 0.15) is 18.7 Å². The maximum Gasteiger partial charge on any atom is 0.253 e. The molecular formula is C16H16N4O3S. The molecule has 0 unspecified atom stereocenters. The van der Waals surface area contributed by atoms with Gasteiger partial charge in [0.05, 0.1) is 11.8 Å². The number of fused-ring (bicyclic) bond motifs is 1. The Kier molecular flexibility index (Phi) is 4.57. The standard InChI is InChI=1S/C16H16N4O3S/c1-9(12-6-10-4-2-3-5-11(10)23-12)18-15(22)8-24-16-19-13(17)7-14(21)20-16/h2-7,9H,8H2,1H3,(H,18,22)(H3,17,19,20,21)/t9-/m1/s1. The van der Waals surface area contributed by atoms with Crippen molar-refractivity contribution in [3.05, 3.63) is 52.5 Å². The number of nitrogens with one attached hydrogen (secondary N) is 2. The van der Waals surface area contributed by atoms with Gasteiger partial charge in [-0.2, -0.15) is 0 Å². The van der Waals surface area contributed by atoms with Gasteiger partial charge < -0.3 is 20.5 Å². The van der Waals surface area contributed by atoms with Gasteiger partial charge in [-0.1, -0.05) is 30.0 Å². The number of aromatic amines is 1. The molecule has 0 spiro atoms. The summed E-state index contributed by atoms with van der Waals surface area (Å²) in [5.74, 6) is 0.720. The van der Waals surface area contributed by atoms with Crippen molar-refractivity contribution in [1.82, 2.24) is 15.3 Å². The van der Waals surface area contributed by atoms with Gasteiger partial charge in [0, 0.05) is 11.5 Å². The SMILES string of the molecule is C[C@@H](NC(=O)CSc1nc(N)cc(=O)[nH]1)c1cc2ccccc2o1. The van der Waals surface area contributed by atoms with Crippen LogP contribution < -0.4 is 16.6 Å². The van der Waals surface area contributed by atoms with E-state index < -0.39 is 0 Å². The average Bonchev–Trinajstić information content (AvgIpc) is 2.96. The van der Waals surface area contributed by atoms with Gasteiger partial charge in [-0.05, 0) is 19.1 Å². The van der Waals surface area contributed by atoms with Gasteiger partial charge in [-0.3, -0.25) is 9.59 Å². The van der Waals surface area contributed by atoms with E-state index in [1.165, 1.54) is 6.07 Å². The lowest BCUT2D eigenvalue weighted by molar-refractivity contribution is -0.119. The summed E-state index contributed by atoms with van der Waals surface area (Å²) >= 11 is 1.11. The van der Waals surface area contributed by atoms with Crippen LogP contribution in [-0.2, 0) is 4.79 Å². The molecule has 24 heavy (non-hydrogen) atoms. The van der Waals surface area contributed by atoms with E-state index in [1.807, 2.05) is 37.3 Å². The number of amides is 1. The first-order valence-electron chi connectivity index (χ1n) is 7.29. The highest BCUT2D eigenvalue weighted by Gasteiger charge is 2.14. The third-order valence-corrected chi connectivity index (χ3v) is 4.20. The van der Waals surface area contributed by atoms with Gasteiger partial charge in [0.25, 0.3) is 5.56 Å². The van der Waals surface area contributed by atoms with Gasteiger partial charge in [0.2, 0.25) is 5.91 Å². The van der Waals surface area contributed by atoms with Crippen LogP contribution in [0, 0.1) is 0 Å². The second-order valence-corrected chi connectivity index (χ2v) is 6.20. The molecule has 3 aromatic rings. The van der Waals surface area contributed by atoms with Crippen molar-refractivity contribution in [2.24, 2.45) is 0 Å². The highest BCUT2D eigenvalue weighted by Crippen LogP contribution is 2.23. The van der Waals surface area contributed by atoms with E-state index in [0.717, 1.165) is 22.7 Å². The molecule has 0 bridgehead atoms. The monoisotopic (exact) mass is 344 g/mol. The van der Waals surface area contributed by atoms with Crippen LogP contribution in [-0.4, -0.2) is 21.6 Å². The second kappa shape index (κ2) is 6.79. The van der Waals surface area contributed by atoms with Crippen molar-refractivity contribution >= 4 is 34.5 Å². The topological polar surface area (TPSA) is 114 Å². The van der Waals surface area contributed by atoms with E-state index in [-0.39, 0.29) is 29.1 Å². The fourth-order valence-corrected chi connectivity index (χ4v) is 2.92. The predicted octanol–water partition coefficient (Wildman–Crippen LogP) is 2.07. The van der Waals surface area contributed by atoms with Crippen molar-refractivity contribution in [3.63, 3.8) is 0 Å². The number of hydrogen-bond acceptors (Lipinski definition) is 6. The summed E-state index contributed by atoms with van der Waals surface area (Å²) in [7, 11) is 0. The molecular weight excluding hydrogens is 328 g/mol. The minimum absolute atomic E-state index is 0.108. The number of aromatic nitrogens is 2. The Labute approximate surface area is 141 Å². The molecule has 1 amide bonds. The van der Waals surface area contributed by atoms with Crippen LogP contribution in [0.3, 0.4) is 0 Å². The molecule has 0 aliphatic heterocycles. The summed E-state index contributed by atoms with van der Waals surface area (Å²) < 4.78 is 5.73. The maximum atomic E-state index is 12.1. The maximum absolute atomic E-state index is 12.1. The van der Waals surface area contributed by atoms with Crippen LogP contribution >= 0.6 is 11.8 Å². The number of nitrogens with two attached hydrogens (primary N) is 1. The van der Waals surface area contributed by atoms with E-state index in [4.69, 9.17) is 10.2 Å². The molecule has 4 N–H and O–H groups in total. The molecule has 0 aliphatic carbocycles. The number of furan rings is 1. The Hall–Kier alpha value is -2.74. The van der Waals surface area contributed by atoms with Crippen LogP contribution in [0.4, 0.5) is 5.82 Å². The Balaban J connectivity index is 1.60. The van der Waals surface area contributed by atoms with Gasteiger partial charge in [-0.15, -0.1) is 0 Å². The predicted molar refractivity (Wildman–Crippen MR) is 92.8 cm³/mol. The molecule has 0 saturated heterocycles. The Morgan fingerprint density at radius 3 is 2.96 bits per heavy atom. The first-order valence-corrected chi connectivity index (χ1v) is 8.27. The molecule has 2 heterocycles. The number of anilines is 1. The lowest BCUT2D eigenvalue weighted by Crippen LogP contribution is -2.28. The molecule has 0 saturated carbocycles. The Bertz CT molecular complexity index is 901. The van der Waals surface area contributed by atoms with Crippen LogP contribution in [0.25, 0.3) is 11.0 Å². The number of H-pyrrole nitrogens is 1. The van der Waals surface area contributed by atoms with E-state index >= 15 is 0 Å². The molecule has 124 valence electrons. The zero-order valence-electron chi connectivity index (χ0n) is 12.9. The molecule has 7 nitrogen and oxygen atoms in total. The van der Waals surface area contributed by atoms with E-state index in [2.05, 4.69) is 15.3 Å². The molecule has 1 aromatic carbocycles. The fraction of sp³-hybridized carbons (Fsp3) is 0.188. The number of benzene rings is 1. The van der Waals surface area contributed by atoms with E-state index in [1.54, 1.807) is 0 Å². The third kappa shape index (κ3) is 3.77. The number of para-hydroxylation sites is 1. The quantitative estimate of drug-likeness (QED) is 0.482. The van der Waals surface area contributed by atoms with E-state index in [0.29, 0.717) is 10.9 Å². The lowest BCUT2D eigenvalue weighted by atomic mass is 10.2. The molecule has 0 fully saturated rings. The van der Waals surface area contributed by atoms with Gasteiger partial charge in [0.1, 0.15) is 17.2 Å². The first-order chi connectivity index (χ1) is 11.5. The molecule has 3 rings (SSSR count). The van der Waals surface area contributed by atoms with Gasteiger partial charge in [-0.25, -0.2) is 4.98 Å². The minimum atomic E-state index is -0.346. The van der Waals surface area contributed by atoms with E-state index in [9.17, 15) is 9.59 Å². The molecule has 2 aromatic heterocycles. The zero-order valence-corrected chi connectivity index (χ0v) is 13.7. The summed E-state index contributed by atoms with van der Waals surface area (Å²) in [6, 6.07) is 10.5. The summed E-state index contributed by atoms with van der Waals surface area (Å²) in [6.07, 6.45) is 0. The fourth-order valence-electron chi connectivity index (χ4n) is 2.23. The average molecular weight is 344 g/mol. The van der Waals surface area contributed by atoms with Crippen molar-refractivity contribution in [3.8, 4) is 0 Å². The highest BCUT2D eigenvalue weighted by atomic mass is 32.2. The Morgan fingerprint density at radius 1 is 1.42 bits per heavy atom. The van der Waals surface area contributed by atoms with Crippen LogP contribution in [0.2, 0.25) is 0 Å². The largest absolute Gasteiger partial charge is 0.459 e. The molecule has 1 atom stereocenters. The van der Waals surface area contributed by atoms with Gasteiger partial charge in [0.15, 0.2) is 5.16 Å². The Morgan fingerprint density at radius 2 is 2.21 bits per heavy atom. The number of hydrogen-bond donors (Lipinski definition) is 3. The van der Waals surface area contributed by atoms with Crippen molar-refractivity contribution in [2.75, 3.05) is 11.5 Å². The number of nitrogen functional groups attached to an aromatic ring is 1. The summed E-state index contributed by atoms with van der Waals surface area (Å²) in [5, 5.41) is 4.15. The second-order valence-electron chi connectivity index (χ2n) is 5.24. The highest BCUT2D eigenvalue weighted by molar-refractivity contribution is 7.99. The lowest BCUT2D eigenvalue weighted by Gasteiger charge is -2.11.